The van der Waals surface area contributed by atoms with Gasteiger partial charge in [0.05, 0.1) is 13.1 Å². The van der Waals surface area contributed by atoms with E-state index in [9.17, 15) is 4.79 Å². The molecule has 3 heteroatoms. The van der Waals surface area contributed by atoms with E-state index in [1.165, 1.54) is 0 Å². The van der Waals surface area contributed by atoms with Gasteiger partial charge in [-0.3, -0.25) is 10.1 Å². The predicted octanol–water partition coefficient (Wildman–Crippen LogP) is 1.10. The fraction of sp³-hybridized carbons (Fsp3) is 0.750. The van der Waals surface area contributed by atoms with Crippen LogP contribution < -0.4 is 5.32 Å². The minimum atomic E-state index is 0.119. The number of terminal acetylenes is 1. The number of rotatable bonds is 6. The first-order chi connectivity index (χ1) is 6.99. The van der Waals surface area contributed by atoms with Gasteiger partial charge in [0.15, 0.2) is 0 Å². The average Bonchev–Trinajstić information content (AvgIpc) is 2.13. The summed E-state index contributed by atoms with van der Waals surface area (Å²) in [5.74, 6) is 3.06. The smallest absolute Gasteiger partial charge is 0.236 e. The Kier molecular flexibility index (Phi) is 6.81. The molecule has 3 nitrogen and oxygen atoms in total. The Bertz CT molecular complexity index is 228. The molecule has 0 aromatic carbocycles. The molecule has 0 aromatic heterocycles. The molecular weight excluding hydrogens is 188 g/mol. The van der Waals surface area contributed by atoms with E-state index in [1.807, 2.05) is 18.7 Å². The van der Waals surface area contributed by atoms with Crippen molar-refractivity contribution < 1.29 is 4.79 Å². The molecule has 0 radical (unpaired) electrons. The van der Waals surface area contributed by atoms with E-state index < -0.39 is 0 Å². The van der Waals surface area contributed by atoms with Crippen LogP contribution in [-0.4, -0.2) is 36.5 Å². The summed E-state index contributed by atoms with van der Waals surface area (Å²) in [6.07, 6.45) is 5.09. The largest absolute Gasteiger partial charge is 0.339 e. The monoisotopic (exact) mass is 210 g/mol. The fourth-order valence-corrected chi connectivity index (χ4v) is 1.34. The van der Waals surface area contributed by atoms with Gasteiger partial charge in [0.2, 0.25) is 5.91 Å². The van der Waals surface area contributed by atoms with Crippen LogP contribution in [0.4, 0.5) is 0 Å². The summed E-state index contributed by atoms with van der Waals surface area (Å²) in [6.45, 7) is 9.85. The molecule has 0 unspecified atom stereocenters. The number of nitrogens with one attached hydrogen (secondary N) is 1. The second kappa shape index (κ2) is 7.30. The van der Waals surface area contributed by atoms with Gasteiger partial charge in [-0.15, -0.1) is 6.42 Å². The van der Waals surface area contributed by atoms with E-state index in [4.69, 9.17) is 6.42 Å². The Balaban J connectivity index is 4.12. The maximum absolute atomic E-state index is 11.8. The predicted molar refractivity (Wildman–Crippen MR) is 63.4 cm³/mol. The van der Waals surface area contributed by atoms with Gasteiger partial charge in [-0.05, 0) is 19.8 Å². The van der Waals surface area contributed by atoms with Gasteiger partial charge in [-0.2, -0.15) is 0 Å². The van der Waals surface area contributed by atoms with Crippen LogP contribution in [-0.2, 0) is 4.79 Å². The molecule has 0 aliphatic heterocycles. The third kappa shape index (κ3) is 6.14. The van der Waals surface area contributed by atoms with Gasteiger partial charge in [0, 0.05) is 12.6 Å². The third-order valence-electron chi connectivity index (χ3n) is 2.01. The topological polar surface area (TPSA) is 32.3 Å². The van der Waals surface area contributed by atoms with Gasteiger partial charge >= 0.3 is 0 Å². The van der Waals surface area contributed by atoms with Crippen molar-refractivity contribution in [2.75, 3.05) is 19.6 Å². The van der Waals surface area contributed by atoms with Gasteiger partial charge in [-0.1, -0.05) is 19.8 Å². The molecule has 0 aliphatic rings. The van der Waals surface area contributed by atoms with Gasteiger partial charge < -0.3 is 4.90 Å². The van der Waals surface area contributed by atoms with Gasteiger partial charge in [-0.25, -0.2) is 0 Å². The highest BCUT2D eigenvalue weighted by molar-refractivity contribution is 5.78. The summed E-state index contributed by atoms with van der Waals surface area (Å²) in [4.78, 5) is 13.7. The zero-order valence-electron chi connectivity index (χ0n) is 10.2. The summed E-state index contributed by atoms with van der Waals surface area (Å²) in [5.41, 5.74) is 0. The van der Waals surface area contributed by atoms with E-state index in [0.29, 0.717) is 19.0 Å². The third-order valence-corrected chi connectivity index (χ3v) is 2.01. The summed E-state index contributed by atoms with van der Waals surface area (Å²) in [6, 6.07) is 0.243. The first kappa shape index (κ1) is 14.0. The highest BCUT2D eigenvalue weighted by Gasteiger charge is 2.16. The first-order valence-corrected chi connectivity index (χ1v) is 5.42. The number of nitrogens with zero attached hydrogens (tertiary/aromatic N) is 1. The Morgan fingerprint density at radius 3 is 2.40 bits per heavy atom. The van der Waals surface area contributed by atoms with Crippen molar-refractivity contribution >= 4 is 5.91 Å². The summed E-state index contributed by atoms with van der Waals surface area (Å²) in [5, 5.41) is 2.92. The second-order valence-electron chi connectivity index (χ2n) is 4.34. The molecule has 1 N–H and O–H groups in total. The average molecular weight is 210 g/mol. The van der Waals surface area contributed by atoms with E-state index in [1.54, 1.807) is 0 Å². The summed E-state index contributed by atoms with van der Waals surface area (Å²) >= 11 is 0. The molecule has 0 atom stereocenters. The van der Waals surface area contributed by atoms with Gasteiger partial charge in [0.25, 0.3) is 0 Å². The Labute approximate surface area is 93.2 Å². The number of carbonyl (C=O) groups is 1. The molecule has 0 spiro atoms. The second-order valence-corrected chi connectivity index (χ2v) is 4.34. The van der Waals surface area contributed by atoms with E-state index >= 15 is 0 Å². The molecule has 0 saturated heterocycles. The highest BCUT2D eigenvalue weighted by Crippen LogP contribution is 2.04. The zero-order valence-corrected chi connectivity index (χ0v) is 10.2. The maximum atomic E-state index is 11.8. The van der Waals surface area contributed by atoms with E-state index in [-0.39, 0.29) is 11.9 Å². The molecule has 0 fully saturated rings. The normalized spacial score (nSPS) is 10.5. The lowest BCUT2D eigenvalue weighted by molar-refractivity contribution is -0.132. The lowest BCUT2D eigenvalue weighted by atomic mass is 10.2. The van der Waals surface area contributed by atoms with Crippen molar-refractivity contribution in [2.24, 2.45) is 5.92 Å². The van der Waals surface area contributed by atoms with Crippen LogP contribution in [0.2, 0.25) is 0 Å². The number of amides is 1. The molecule has 15 heavy (non-hydrogen) atoms. The Morgan fingerprint density at radius 2 is 2.00 bits per heavy atom. The van der Waals surface area contributed by atoms with Crippen LogP contribution in [0.5, 0.6) is 0 Å². The van der Waals surface area contributed by atoms with E-state index in [2.05, 4.69) is 25.1 Å². The van der Waals surface area contributed by atoms with Crippen molar-refractivity contribution in [1.29, 1.82) is 0 Å². The van der Waals surface area contributed by atoms with Crippen molar-refractivity contribution in [3.8, 4) is 12.3 Å². The SMILES string of the molecule is C#CCNCC(=O)N(CC(C)C)C(C)C. The lowest BCUT2D eigenvalue weighted by Gasteiger charge is -2.28. The first-order valence-electron chi connectivity index (χ1n) is 5.42. The van der Waals surface area contributed by atoms with Crippen molar-refractivity contribution in [3.05, 3.63) is 0 Å². The molecule has 0 aromatic rings. The zero-order chi connectivity index (χ0) is 11.8. The van der Waals surface area contributed by atoms with Crippen LogP contribution in [0, 0.1) is 18.3 Å². The molecule has 1 amide bonds. The molecule has 0 heterocycles. The van der Waals surface area contributed by atoms with Crippen molar-refractivity contribution in [2.45, 2.75) is 33.7 Å². The summed E-state index contributed by atoms with van der Waals surface area (Å²) < 4.78 is 0. The maximum Gasteiger partial charge on any atom is 0.236 e. The molecule has 0 rings (SSSR count). The van der Waals surface area contributed by atoms with Crippen molar-refractivity contribution in [3.63, 3.8) is 0 Å². The van der Waals surface area contributed by atoms with Crippen LogP contribution in [0.1, 0.15) is 27.7 Å². The molecule has 0 saturated carbocycles. The Hall–Kier alpha value is -1.01. The summed E-state index contributed by atoms with van der Waals surface area (Å²) in [7, 11) is 0. The van der Waals surface area contributed by atoms with E-state index in [0.717, 1.165) is 6.54 Å². The van der Waals surface area contributed by atoms with Crippen LogP contribution in [0.25, 0.3) is 0 Å². The standard InChI is InChI=1S/C12H22N2O/c1-6-7-13-8-12(15)14(11(4)5)9-10(2)3/h1,10-11,13H,7-9H2,2-5H3. The molecule has 0 aliphatic carbocycles. The quantitative estimate of drug-likeness (QED) is 0.526. The Morgan fingerprint density at radius 1 is 1.40 bits per heavy atom. The highest BCUT2D eigenvalue weighted by atomic mass is 16.2. The minimum Gasteiger partial charge on any atom is -0.339 e. The van der Waals surface area contributed by atoms with Gasteiger partial charge in [0.1, 0.15) is 0 Å². The molecular formula is C12H22N2O. The van der Waals surface area contributed by atoms with Crippen LogP contribution in [0.15, 0.2) is 0 Å². The number of hydrogen-bond acceptors (Lipinski definition) is 2. The number of carbonyl (C=O) groups excluding carboxylic acids is 1. The minimum absolute atomic E-state index is 0.119. The van der Waals surface area contributed by atoms with Crippen molar-refractivity contribution in [1.82, 2.24) is 10.2 Å². The van der Waals surface area contributed by atoms with Crippen LogP contribution >= 0.6 is 0 Å². The fourth-order valence-electron chi connectivity index (χ4n) is 1.34. The molecule has 0 bridgehead atoms. The molecule has 86 valence electrons. The number of hydrogen-bond donors (Lipinski definition) is 1. The van der Waals surface area contributed by atoms with Crippen LogP contribution in [0.3, 0.4) is 0 Å². The lowest BCUT2D eigenvalue weighted by Crippen LogP contribution is -2.44.